The van der Waals surface area contributed by atoms with Crippen LogP contribution in [0.4, 0.5) is 0 Å². The van der Waals surface area contributed by atoms with Gasteiger partial charge in [-0.05, 0) is 19.1 Å². The van der Waals surface area contributed by atoms with Crippen LogP contribution >= 0.6 is 0 Å². The lowest BCUT2D eigenvalue weighted by molar-refractivity contribution is 0.0681. The summed E-state index contributed by atoms with van der Waals surface area (Å²) in [5, 5.41) is 13.3. The molecule has 3 aromatic rings. The van der Waals surface area contributed by atoms with Gasteiger partial charge in [0.1, 0.15) is 0 Å². The molecule has 1 saturated heterocycles. The first-order valence-electron chi connectivity index (χ1n) is 9.85. The van der Waals surface area contributed by atoms with Gasteiger partial charge in [-0.1, -0.05) is 48.6 Å². The number of fused-ring (bicyclic) bond motifs is 3. The number of β-amino-alcohol motifs (C(OH)–C–C–N with tert-alkyl or cyclic N) is 1. The van der Waals surface area contributed by atoms with Crippen molar-refractivity contribution in [3.8, 4) is 0 Å². The number of para-hydroxylation sites is 2. The highest BCUT2D eigenvalue weighted by atomic mass is 16.3. The molecule has 1 aliphatic rings. The molecule has 1 aromatic heterocycles. The maximum Gasteiger partial charge on any atom is 0.0845 e. The summed E-state index contributed by atoms with van der Waals surface area (Å²) in [6, 6.07) is 17.0. The molecule has 1 atom stereocenters. The van der Waals surface area contributed by atoms with E-state index in [0.29, 0.717) is 6.54 Å². The monoisotopic (exact) mass is 363 g/mol. The number of benzene rings is 2. The van der Waals surface area contributed by atoms with Crippen molar-refractivity contribution in [1.82, 2.24) is 14.4 Å². The smallest absolute Gasteiger partial charge is 0.0845 e. The topological polar surface area (TPSA) is 31.6 Å². The van der Waals surface area contributed by atoms with Gasteiger partial charge in [0.15, 0.2) is 0 Å². The molecule has 0 amide bonds. The van der Waals surface area contributed by atoms with E-state index in [0.717, 1.165) is 39.3 Å². The molecule has 142 valence electrons. The summed E-state index contributed by atoms with van der Waals surface area (Å²) in [4.78, 5) is 4.83. The van der Waals surface area contributed by atoms with Gasteiger partial charge in [0.25, 0.3) is 0 Å². The Balaban J connectivity index is 1.46. The number of hydrogen-bond acceptors (Lipinski definition) is 3. The Morgan fingerprint density at radius 3 is 1.96 bits per heavy atom. The minimum Gasteiger partial charge on any atom is -0.390 e. The van der Waals surface area contributed by atoms with Crippen LogP contribution in [0.1, 0.15) is 6.92 Å². The van der Waals surface area contributed by atoms with E-state index in [9.17, 15) is 5.11 Å². The van der Waals surface area contributed by atoms with Gasteiger partial charge in [-0.3, -0.25) is 9.80 Å². The van der Waals surface area contributed by atoms with Crippen LogP contribution in [0.2, 0.25) is 0 Å². The Bertz CT molecular complexity index is 884. The molecular formula is C23H29N3O. The van der Waals surface area contributed by atoms with Gasteiger partial charge in [0.05, 0.1) is 12.6 Å². The van der Waals surface area contributed by atoms with E-state index in [1.54, 1.807) is 0 Å². The molecule has 0 unspecified atom stereocenters. The standard InChI is InChI=1S/C23H29N3O/c1-18(2)15-24-11-13-25(14-12-24)16-19(27)17-26-22-9-5-3-7-20(22)21-8-4-6-10-23(21)26/h3-10,19,27H,1,11-17H2,2H3/t19-/m1/s1. The van der Waals surface area contributed by atoms with Gasteiger partial charge in [-0.25, -0.2) is 0 Å². The lowest BCUT2D eigenvalue weighted by Crippen LogP contribution is -2.49. The number of rotatable bonds is 6. The number of aliphatic hydroxyl groups is 1. The number of hydrogen-bond donors (Lipinski definition) is 1. The fourth-order valence-electron chi connectivity index (χ4n) is 4.28. The maximum atomic E-state index is 10.8. The van der Waals surface area contributed by atoms with Crippen LogP contribution in [-0.4, -0.2) is 64.8 Å². The predicted octanol–water partition coefficient (Wildman–Crippen LogP) is 3.35. The van der Waals surface area contributed by atoms with Gasteiger partial charge in [-0.2, -0.15) is 0 Å². The van der Waals surface area contributed by atoms with Gasteiger partial charge in [0, 0.05) is 61.1 Å². The average Bonchev–Trinajstić information content (AvgIpc) is 2.97. The number of nitrogens with zero attached hydrogens (tertiary/aromatic N) is 3. The molecule has 4 heteroatoms. The van der Waals surface area contributed by atoms with Crippen LogP contribution in [0.25, 0.3) is 21.8 Å². The summed E-state index contributed by atoms with van der Waals surface area (Å²) in [7, 11) is 0. The summed E-state index contributed by atoms with van der Waals surface area (Å²) in [5.74, 6) is 0. The van der Waals surface area contributed by atoms with Crippen molar-refractivity contribution in [2.45, 2.75) is 19.6 Å². The van der Waals surface area contributed by atoms with E-state index < -0.39 is 0 Å². The maximum absolute atomic E-state index is 10.8. The molecule has 4 rings (SSSR count). The van der Waals surface area contributed by atoms with Gasteiger partial charge < -0.3 is 9.67 Å². The molecule has 0 radical (unpaired) electrons. The first kappa shape index (κ1) is 18.2. The van der Waals surface area contributed by atoms with Crippen LogP contribution in [0.5, 0.6) is 0 Å². The summed E-state index contributed by atoms with van der Waals surface area (Å²) >= 11 is 0. The Morgan fingerprint density at radius 1 is 0.889 bits per heavy atom. The molecule has 27 heavy (non-hydrogen) atoms. The molecule has 0 saturated carbocycles. The Labute approximate surface area is 161 Å². The quantitative estimate of drug-likeness (QED) is 0.682. The van der Waals surface area contributed by atoms with Crippen LogP contribution in [0, 0.1) is 0 Å². The molecule has 1 fully saturated rings. The van der Waals surface area contributed by atoms with Crippen LogP contribution in [0.3, 0.4) is 0 Å². The van der Waals surface area contributed by atoms with E-state index in [1.807, 2.05) is 0 Å². The van der Waals surface area contributed by atoms with Gasteiger partial charge >= 0.3 is 0 Å². The third kappa shape index (κ3) is 3.93. The Hall–Kier alpha value is -2.14. The van der Waals surface area contributed by atoms with Crippen LogP contribution in [-0.2, 0) is 6.54 Å². The van der Waals surface area contributed by atoms with Crippen LogP contribution in [0.15, 0.2) is 60.7 Å². The molecule has 4 nitrogen and oxygen atoms in total. The second kappa shape index (κ2) is 7.85. The fourth-order valence-corrected chi connectivity index (χ4v) is 4.28. The van der Waals surface area contributed by atoms with Crippen LogP contribution < -0.4 is 0 Å². The number of piperazine rings is 1. The van der Waals surface area contributed by atoms with Crippen molar-refractivity contribution in [2.24, 2.45) is 0 Å². The molecule has 0 spiro atoms. The minimum absolute atomic E-state index is 0.378. The van der Waals surface area contributed by atoms with E-state index in [-0.39, 0.29) is 6.10 Å². The average molecular weight is 364 g/mol. The second-order valence-electron chi connectivity index (χ2n) is 7.83. The lowest BCUT2D eigenvalue weighted by Gasteiger charge is -2.35. The molecule has 0 aliphatic carbocycles. The van der Waals surface area contributed by atoms with Crippen molar-refractivity contribution in [1.29, 1.82) is 0 Å². The summed E-state index contributed by atoms with van der Waals surface area (Å²) < 4.78 is 2.27. The summed E-state index contributed by atoms with van der Waals surface area (Å²) in [6.45, 7) is 12.6. The van der Waals surface area contributed by atoms with Gasteiger partial charge in [0.2, 0.25) is 0 Å². The second-order valence-corrected chi connectivity index (χ2v) is 7.83. The first-order chi connectivity index (χ1) is 13.1. The zero-order chi connectivity index (χ0) is 18.8. The van der Waals surface area contributed by atoms with E-state index >= 15 is 0 Å². The van der Waals surface area contributed by atoms with Crippen molar-refractivity contribution in [2.75, 3.05) is 39.3 Å². The summed E-state index contributed by atoms with van der Waals surface area (Å²) in [5.41, 5.74) is 3.61. The first-order valence-corrected chi connectivity index (χ1v) is 9.85. The highest BCUT2D eigenvalue weighted by Crippen LogP contribution is 2.28. The molecule has 1 N–H and O–H groups in total. The minimum atomic E-state index is -0.378. The summed E-state index contributed by atoms with van der Waals surface area (Å²) in [6.07, 6.45) is -0.378. The highest BCUT2D eigenvalue weighted by molar-refractivity contribution is 6.07. The van der Waals surface area contributed by atoms with E-state index in [2.05, 4.69) is 76.4 Å². The zero-order valence-electron chi connectivity index (χ0n) is 16.1. The van der Waals surface area contributed by atoms with Crippen molar-refractivity contribution < 1.29 is 5.11 Å². The molecule has 0 bridgehead atoms. The largest absolute Gasteiger partial charge is 0.390 e. The Morgan fingerprint density at radius 2 is 1.41 bits per heavy atom. The lowest BCUT2D eigenvalue weighted by atomic mass is 10.2. The molecule has 1 aliphatic heterocycles. The Kier molecular flexibility index (Phi) is 5.30. The zero-order valence-corrected chi connectivity index (χ0v) is 16.1. The van der Waals surface area contributed by atoms with E-state index in [1.165, 1.54) is 27.4 Å². The third-order valence-corrected chi connectivity index (χ3v) is 5.50. The van der Waals surface area contributed by atoms with Crippen molar-refractivity contribution >= 4 is 21.8 Å². The predicted molar refractivity (Wildman–Crippen MR) is 113 cm³/mol. The molecular weight excluding hydrogens is 334 g/mol. The fraction of sp³-hybridized carbons (Fsp3) is 0.391. The van der Waals surface area contributed by atoms with Crippen molar-refractivity contribution in [3.05, 3.63) is 60.7 Å². The molecule has 2 aromatic carbocycles. The normalized spacial score (nSPS) is 17.6. The van der Waals surface area contributed by atoms with Crippen molar-refractivity contribution in [3.63, 3.8) is 0 Å². The number of aliphatic hydroxyl groups excluding tert-OH is 1. The number of aromatic nitrogens is 1. The SMILES string of the molecule is C=C(C)CN1CCN(C[C@@H](O)Cn2c3ccccc3c3ccccc32)CC1. The van der Waals surface area contributed by atoms with E-state index in [4.69, 9.17) is 0 Å². The van der Waals surface area contributed by atoms with Gasteiger partial charge in [-0.15, -0.1) is 0 Å². The molecule has 2 heterocycles. The third-order valence-electron chi connectivity index (χ3n) is 5.50. The highest BCUT2D eigenvalue weighted by Gasteiger charge is 2.20.